The zero-order valence-corrected chi connectivity index (χ0v) is 13.4. The maximum Gasteiger partial charge on any atom is 0.236 e. The van der Waals surface area contributed by atoms with Crippen molar-refractivity contribution in [1.29, 1.82) is 0 Å². The molecule has 23 heavy (non-hydrogen) atoms. The number of rotatable bonds is 5. The Morgan fingerprint density at radius 1 is 1.30 bits per heavy atom. The van der Waals surface area contributed by atoms with Crippen LogP contribution < -0.4 is 5.32 Å². The van der Waals surface area contributed by atoms with Gasteiger partial charge in [-0.1, -0.05) is 35.5 Å². The summed E-state index contributed by atoms with van der Waals surface area (Å²) in [5, 5.41) is 7.35. The number of nitrogens with zero attached hydrogens (tertiary/aromatic N) is 3. The molecule has 0 bridgehead atoms. The lowest BCUT2D eigenvalue weighted by Crippen LogP contribution is -2.49. The summed E-state index contributed by atoms with van der Waals surface area (Å²) in [5.41, 5.74) is 1.84. The Morgan fingerprint density at radius 3 is 2.78 bits per heavy atom. The molecule has 0 spiro atoms. The lowest BCUT2D eigenvalue weighted by Gasteiger charge is -2.29. The van der Waals surface area contributed by atoms with Gasteiger partial charge in [-0.05, 0) is 7.05 Å². The average Bonchev–Trinajstić information content (AvgIpc) is 3.04. The molecule has 1 saturated heterocycles. The number of benzene rings is 1. The minimum Gasteiger partial charge on any atom is -0.356 e. The van der Waals surface area contributed by atoms with Crippen LogP contribution in [0.3, 0.4) is 0 Å². The van der Waals surface area contributed by atoms with Gasteiger partial charge in [-0.25, -0.2) is 0 Å². The van der Waals surface area contributed by atoms with Crippen LogP contribution in [0.2, 0.25) is 0 Å². The maximum atomic E-state index is 12.2. The first kappa shape index (κ1) is 15.7. The smallest absolute Gasteiger partial charge is 0.236 e. The molecule has 122 valence electrons. The third-order valence-corrected chi connectivity index (χ3v) is 3.92. The number of hydrogen-bond donors (Lipinski definition) is 1. The summed E-state index contributed by atoms with van der Waals surface area (Å²) in [6.45, 7) is 4.31. The van der Waals surface area contributed by atoms with Gasteiger partial charge in [-0.2, -0.15) is 0 Å². The highest BCUT2D eigenvalue weighted by molar-refractivity contribution is 5.78. The summed E-state index contributed by atoms with van der Waals surface area (Å²) in [4.78, 5) is 16.1. The second-order valence-corrected chi connectivity index (χ2v) is 5.85. The zero-order valence-electron chi connectivity index (χ0n) is 13.4. The number of nitrogens with one attached hydrogen (secondary N) is 1. The number of likely N-dealkylation sites (N-methyl/N-ethyl adjacent to an activating group) is 1. The molecule has 2 heterocycles. The molecule has 6 nitrogen and oxygen atoms in total. The van der Waals surface area contributed by atoms with Crippen LogP contribution in [0.25, 0.3) is 11.3 Å². The predicted molar refractivity (Wildman–Crippen MR) is 87.7 cm³/mol. The molecule has 0 unspecified atom stereocenters. The predicted octanol–water partition coefficient (Wildman–Crippen LogP) is 1.21. The third kappa shape index (κ3) is 4.18. The van der Waals surface area contributed by atoms with Crippen molar-refractivity contribution in [2.45, 2.75) is 6.54 Å². The number of piperazine rings is 1. The van der Waals surface area contributed by atoms with E-state index in [0.717, 1.165) is 43.2 Å². The van der Waals surface area contributed by atoms with Gasteiger partial charge in [-0.3, -0.25) is 9.69 Å². The Balaban J connectivity index is 1.54. The van der Waals surface area contributed by atoms with Crippen molar-refractivity contribution in [2.24, 2.45) is 0 Å². The topological polar surface area (TPSA) is 61.6 Å². The Bertz CT molecular complexity index is 635. The highest BCUT2D eigenvalue weighted by Gasteiger charge is 2.18. The molecular weight excluding hydrogens is 292 g/mol. The van der Waals surface area contributed by atoms with Crippen LogP contribution in [-0.4, -0.2) is 60.6 Å². The fourth-order valence-corrected chi connectivity index (χ4v) is 2.70. The van der Waals surface area contributed by atoms with E-state index in [1.807, 2.05) is 53.2 Å². The highest BCUT2D eigenvalue weighted by atomic mass is 16.5. The second kappa shape index (κ2) is 7.39. The molecule has 1 aromatic carbocycles. The third-order valence-electron chi connectivity index (χ3n) is 3.92. The molecule has 1 amide bonds. The van der Waals surface area contributed by atoms with E-state index >= 15 is 0 Å². The molecule has 1 aliphatic rings. The number of hydrogen-bond acceptors (Lipinski definition) is 5. The standard InChI is InChI=1S/C17H22N4O2/c1-20(13-17(22)21-9-7-18-8-10-21)12-15-11-16(23-19-15)14-5-3-2-4-6-14/h2-6,11,18H,7-10,12-13H2,1H3. The first-order valence-electron chi connectivity index (χ1n) is 7.90. The van der Waals surface area contributed by atoms with Crippen LogP contribution >= 0.6 is 0 Å². The molecule has 1 fully saturated rings. The number of aromatic nitrogens is 1. The van der Waals surface area contributed by atoms with E-state index in [9.17, 15) is 4.79 Å². The Morgan fingerprint density at radius 2 is 2.04 bits per heavy atom. The fraction of sp³-hybridized carbons (Fsp3) is 0.412. The average molecular weight is 314 g/mol. The van der Waals surface area contributed by atoms with Gasteiger partial charge < -0.3 is 14.7 Å². The van der Waals surface area contributed by atoms with E-state index in [2.05, 4.69) is 10.5 Å². The minimum absolute atomic E-state index is 0.167. The molecule has 1 aliphatic heterocycles. The van der Waals surface area contributed by atoms with Gasteiger partial charge >= 0.3 is 0 Å². The van der Waals surface area contributed by atoms with E-state index in [4.69, 9.17) is 4.52 Å². The Hall–Kier alpha value is -2.18. The van der Waals surface area contributed by atoms with Crippen LogP contribution in [0, 0.1) is 0 Å². The van der Waals surface area contributed by atoms with Crippen molar-refractivity contribution in [1.82, 2.24) is 20.3 Å². The Kier molecular flexibility index (Phi) is 5.05. The molecule has 0 aliphatic carbocycles. The van der Waals surface area contributed by atoms with E-state index in [1.165, 1.54) is 0 Å². The van der Waals surface area contributed by atoms with Gasteiger partial charge in [-0.15, -0.1) is 0 Å². The second-order valence-electron chi connectivity index (χ2n) is 5.85. The van der Waals surface area contributed by atoms with E-state index < -0.39 is 0 Å². The van der Waals surface area contributed by atoms with Gasteiger partial charge in [0.05, 0.1) is 12.2 Å². The van der Waals surface area contributed by atoms with Gasteiger partial charge in [0.15, 0.2) is 5.76 Å². The zero-order chi connectivity index (χ0) is 16.1. The summed E-state index contributed by atoms with van der Waals surface area (Å²) < 4.78 is 5.39. The normalized spacial score (nSPS) is 15.1. The summed E-state index contributed by atoms with van der Waals surface area (Å²) in [7, 11) is 1.93. The van der Waals surface area contributed by atoms with Gasteiger partial charge in [0.2, 0.25) is 5.91 Å². The van der Waals surface area contributed by atoms with E-state index in [0.29, 0.717) is 13.1 Å². The largest absolute Gasteiger partial charge is 0.356 e. The molecule has 6 heteroatoms. The molecule has 0 atom stereocenters. The highest BCUT2D eigenvalue weighted by Crippen LogP contribution is 2.20. The molecule has 0 radical (unpaired) electrons. The minimum atomic E-state index is 0.167. The fourth-order valence-electron chi connectivity index (χ4n) is 2.70. The summed E-state index contributed by atoms with van der Waals surface area (Å²) in [6.07, 6.45) is 0. The van der Waals surface area contributed by atoms with E-state index in [-0.39, 0.29) is 5.91 Å². The monoisotopic (exact) mass is 314 g/mol. The van der Waals surface area contributed by atoms with Crippen molar-refractivity contribution < 1.29 is 9.32 Å². The van der Waals surface area contributed by atoms with Gasteiger partial charge in [0, 0.05) is 44.4 Å². The summed E-state index contributed by atoms with van der Waals surface area (Å²) >= 11 is 0. The van der Waals surface area contributed by atoms with Crippen LogP contribution in [0.4, 0.5) is 0 Å². The van der Waals surface area contributed by atoms with Gasteiger partial charge in [0.1, 0.15) is 0 Å². The van der Waals surface area contributed by atoms with Crippen molar-refractivity contribution >= 4 is 5.91 Å². The van der Waals surface area contributed by atoms with Gasteiger partial charge in [0.25, 0.3) is 0 Å². The van der Waals surface area contributed by atoms with Crippen LogP contribution in [0.5, 0.6) is 0 Å². The van der Waals surface area contributed by atoms with E-state index in [1.54, 1.807) is 0 Å². The SMILES string of the molecule is CN(CC(=O)N1CCNCC1)Cc1cc(-c2ccccc2)on1. The number of carbonyl (C=O) groups excluding carboxylic acids is 1. The van der Waals surface area contributed by atoms with Crippen LogP contribution in [0.15, 0.2) is 40.9 Å². The number of amides is 1. The summed E-state index contributed by atoms with van der Waals surface area (Å²) in [6, 6.07) is 11.8. The van der Waals surface area contributed by atoms with Crippen molar-refractivity contribution in [3.8, 4) is 11.3 Å². The molecule has 0 saturated carbocycles. The lowest BCUT2D eigenvalue weighted by molar-refractivity contribution is -0.132. The van der Waals surface area contributed by atoms with Crippen molar-refractivity contribution in [3.05, 3.63) is 42.1 Å². The molecule has 1 aromatic heterocycles. The first-order chi connectivity index (χ1) is 11.2. The molecular formula is C17H22N4O2. The number of carbonyl (C=O) groups is 1. The summed E-state index contributed by atoms with van der Waals surface area (Å²) in [5.74, 6) is 0.920. The molecule has 3 rings (SSSR count). The van der Waals surface area contributed by atoms with Crippen LogP contribution in [-0.2, 0) is 11.3 Å². The first-order valence-corrected chi connectivity index (χ1v) is 7.90. The maximum absolute atomic E-state index is 12.2. The Labute approximate surface area is 136 Å². The molecule has 1 N–H and O–H groups in total. The lowest BCUT2D eigenvalue weighted by atomic mass is 10.1. The van der Waals surface area contributed by atoms with Crippen molar-refractivity contribution in [2.75, 3.05) is 39.8 Å². The van der Waals surface area contributed by atoms with Crippen molar-refractivity contribution in [3.63, 3.8) is 0 Å². The van der Waals surface area contributed by atoms with Crippen LogP contribution in [0.1, 0.15) is 5.69 Å². The molecule has 2 aromatic rings. The quantitative estimate of drug-likeness (QED) is 0.899.